The Morgan fingerprint density at radius 1 is 1.38 bits per heavy atom. The summed E-state index contributed by atoms with van der Waals surface area (Å²) in [5.74, 6) is -1.81. The number of carbonyl (C=O) groups is 1. The van der Waals surface area contributed by atoms with Crippen molar-refractivity contribution in [3.63, 3.8) is 0 Å². The van der Waals surface area contributed by atoms with Crippen molar-refractivity contribution in [2.75, 3.05) is 18.0 Å². The number of benzene rings is 1. The largest absolute Gasteiger partial charge is 0.477 e. The second-order valence-electron chi connectivity index (χ2n) is 6.52. The van der Waals surface area contributed by atoms with Crippen LogP contribution in [-0.4, -0.2) is 44.9 Å². The molecule has 3 heterocycles. The van der Waals surface area contributed by atoms with Crippen molar-refractivity contribution in [1.82, 2.24) is 9.55 Å². The number of aliphatic hydroxyl groups excluding tert-OH is 1. The van der Waals surface area contributed by atoms with E-state index in [0.717, 1.165) is 0 Å². The number of aryl methyl sites for hydroxylation is 1. The average molecular weight is 357 g/mol. The van der Waals surface area contributed by atoms with Gasteiger partial charge in [-0.05, 0) is 12.5 Å². The number of nitrogens with zero attached hydrogens (tertiary/aromatic N) is 3. The number of rotatable bonds is 2. The minimum Gasteiger partial charge on any atom is -0.477 e. The lowest BCUT2D eigenvalue weighted by Gasteiger charge is -2.19. The number of hydrogen-bond acceptors (Lipinski definition) is 5. The Kier molecular flexibility index (Phi) is 3.66. The third-order valence-corrected chi connectivity index (χ3v) is 4.83. The number of fused-ring (bicyclic) bond motifs is 3. The number of carboxylic acid groups (broad SMARTS) is 1. The predicted molar refractivity (Wildman–Crippen MR) is 94.2 cm³/mol. The summed E-state index contributed by atoms with van der Waals surface area (Å²) >= 11 is 0. The van der Waals surface area contributed by atoms with E-state index in [-0.39, 0.29) is 22.2 Å². The Morgan fingerprint density at radius 2 is 2.15 bits per heavy atom. The van der Waals surface area contributed by atoms with E-state index in [1.165, 1.54) is 29.1 Å². The van der Waals surface area contributed by atoms with Crippen LogP contribution in [0.15, 0.2) is 29.3 Å². The van der Waals surface area contributed by atoms with E-state index < -0.39 is 23.3 Å². The lowest BCUT2D eigenvalue weighted by Crippen LogP contribution is -2.22. The normalized spacial score (nSPS) is 17.3. The average Bonchev–Trinajstić information content (AvgIpc) is 3.02. The molecule has 3 aromatic rings. The highest BCUT2D eigenvalue weighted by atomic mass is 19.1. The molecule has 134 valence electrons. The van der Waals surface area contributed by atoms with Crippen LogP contribution in [0.2, 0.25) is 0 Å². The van der Waals surface area contributed by atoms with Gasteiger partial charge in [0.05, 0.1) is 34.4 Å². The number of anilines is 1. The minimum atomic E-state index is -1.32. The summed E-state index contributed by atoms with van der Waals surface area (Å²) in [5.41, 5.74) is 0.0303. The van der Waals surface area contributed by atoms with E-state index in [1.807, 2.05) is 0 Å². The standard InChI is InChI=1S/C18H16FN3O4/c1-21-8-11(18(25)26)17(24)16-10-4-14(22-3-2-9(23)7-22)12(19)5-13(10)20-6-15(16)21/h4-6,8-9,23H,2-3,7H2,1H3,(H,25,26). The molecule has 1 fully saturated rings. The van der Waals surface area contributed by atoms with Crippen LogP contribution in [0, 0.1) is 5.82 Å². The van der Waals surface area contributed by atoms with Crippen LogP contribution in [-0.2, 0) is 7.05 Å². The zero-order valence-corrected chi connectivity index (χ0v) is 13.9. The maximum Gasteiger partial charge on any atom is 0.341 e. The highest BCUT2D eigenvalue weighted by Crippen LogP contribution is 2.30. The molecule has 0 bridgehead atoms. The molecule has 0 saturated carbocycles. The Labute approximate surface area is 146 Å². The first-order valence-electron chi connectivity index (χ1n) is 8.14. The molecule has 1 saturated heterocycles. The topological polar surface area (TPSA) is 95.7 Å². The number of aliphatic hydroxyl groups is 1. The van der Waals surface area contributed by atoms with Gasteiger partial charge in [0.1, 0.15) is 11.4 Å². The van der Waals surface area contributed by atoms with Crippen molar-refractivity contribution in [2.45, 2.75) is 12.5 Å². The van der Waals surface area contributed by atoms with E-state index in [0.29, 0.717) is 30.4 Å². The summed E-state index contributed by atoms with van der Waals surface area (Å²) in [4.78, 5) is 30.1. The highest BCUT2D eigenvalue weighted by molar-refractivity contribution is 6.07. The molecule has 1 unspecified atom stereocenters. The van der Waals surface area contributed by atoms with Gasteiger partial charge in [-0.15, -0.1) is 0 Å². The van der Waals surface area contributed by atoms with Crippen molar-refractivity contribution in [1.29, 1.82) is 0 Å². The molecule has 0 amide bonds. The first kappa shape index (κ1) is 16.5. The summed E-state index contributed by atoms with van der Waals surface area (Å²) in [6.07, 6.45) is 2.70. The maximum absolute atomic E-state index is 14.5. The number of halogens is 1. The van der Waals surface area contributed by atoms with E-state index in [1.54, 1.807) is 11.9 Å². The molecule has 0 spiro atoms. The molecule has 1 aromatic carbocycles. The fourth-order valence-electron chi connectivity index (χ4n) is 3.51. The number of β-amino-alcohol motifs (C(OH)–C–C–N with tert-alkyl or cyclic N) is 1. The number of aromatic carboxylic acids is 1. The number of pyridine rings is 2. The zero-order chi connectivity index (χ0) is 18.6. The summed E-state index contributed by atoms with van der Waals surface area (Å²) in [5, 5.41) is 19.6. The van der Waals surface area contributed by atoms with Crippen molar-refractivity contribution >= 4 is 33.5 Å². The second-order valence-corrected chi connectivity index (χ2v) is 6.52. The zero-order valence-electron chi connectivity index (χ0n) is 13.9. The number of carboxylic acids is 1. The van der Waals surface area contributed by atoms with Gasteiger partial charge in [0.15, 0.2) is 0 Å². The second kappa shape index (κ2) is 5.77. The van der Waals surface area contributed by atoms with Crippen LogP contribution in [0.3, 0.4) is 0 Å². The van der Waals surface area contributed by atoms with Crippen molar-refractivity contribution in [2.24, 2.45) is 7.05 Å². The molecule has 26 heavy (non-hydrogen) atoms. The van der Waals surface area contributed by atoms with Crippen LogP contribution in [0.25, 0.3) is 21.8 Å². The number of aromatic nitrogens is 2. The van der Waals surface area contributed by atoms with Gasteiger partial charge in [-0.3, -0.25) is 9.78 Å². The van der Waals surface area contributed by atoms with Gasteiger partial charge in [0.25, 0.3) is 0 Å². The number of hydrogen-bond donors (Lipinski definition) is 2. The van der Waals surface area contributed by atoms with Gasteiger partial charge < -0.3 is 19.7 Å². The van der Waals surface area contributed by atoms with Crippen LogP contribution < -0.4 is 10.3 Å². The molecular formula is C18H16FN3O4. The lowest BCUT2D eigenvalue weighted by atomic mass is 10.1. The quantitative estimate of drug-likeness (QED) is 0.675. The van der Waals surface area contributed by atoms with Gasteiger partial charge in [0.2, 0.25) is 5.43 Å². The fourth-order valence-corrected chi connectivity index (χ4v) is 3.51. The fraction of sp³-hybridized carbons (Fsp3) is 0.278. The minimum absolute atomic E-state index is 0.193. The van der Waals surface area contributed by atoms with Gasteiger partial charge in [0, 0.05) is 37.8 Å². The monoisotopic (exact) mass is 357 g/mol. The van der Waals surface area contributed by atoms with E-state index in [9.17, 15) is 24.2 Å². The van der Waals surface area contributed by atoms with Crippen molar-refractivity contribution < 1.29 is 19.4 Å². The molecular weight excluding hydrogens is 341 g/mol. The molecule has 7 nitrogen and oxygen atoms in total. The third kappa shape index (κ3) is 2.41. The van der Waals surface area contributed by atoms with E-state index in [4.69, 9.17) is 0 Å². The van der Waals surface area contributed by atoms with Crippen molar-refractivity contribution in [3.05, 3.63) is 46.1 Å². The Balaban J connectivity index is 2.08. The lowest BCUT2D eigenvalue weighted by molar-refractivity contribution is 0.0695. The molecule has 2 N–H and O–H groups in total. The predicted octanol–water partition coefficient (Wildman–Crippen LogP) is 1.49. The maximum atomic E-state index is 14.5. The molecule has 1 atom stereocenters. The van der Waals surface area contributed by atoms with Gasteiger partial charge >= 0.3 is 5.97 Å². The van der Waals surface area contributed by atoms with E-state index in [2.05, 4.69) is 4.98 Å². The third-order valence-electron chi connectivity index (χ3n) is 4.83. The van der Waals surface area contributed by atoms with Gasteiger partial charge in [-0.25, -0.2) is 9.18 Å². The Morgan fingerprint density at radius 3 is 2.81 bits per heavy atom. The molecule has 0 radical (unpaired) electrons. The molecule has 2 aromatic heterocycles. The highest BCUT2D eigenvalue weighted by Gasteiger charge is 2.24. The molecule has 4 rings (SSSR count). The van der Waals surface area contributed by atoms with E-state index >= 15 is 0 Å². The van der Waals surface area contributed by atoms with Crippen LogP contribution in [0.5, 0.6) is 0 Å². The molecule has 1 aliphatic rings. The molecule has 1 aliphatic heterocycles. The SMILES string of the molecule is Cn1cc(C(=O)O)c(=O)c2c3cc(N4CCC(O)C4)c(F)cc3ncc21. The van der Waals surface area contributed by atoms with Gasteiger partial charge in [-0.1, -0.05) is 0 Å². The molecule has 8 heteroatoms. The summed E-state index contributed by atoms with van der Waals surface area (Å²) in [6.45, 7) is 0.805. The van der Waals surface area contributed by atoms with Crippen molar-refractivity contribution in [3.8, 4) is 0 Å². The first-order chi connectivity index (χ1) is 12.4. The van der Waals surface area contributed by atoms with Crippen LogP contribution in [0.1, 0.15) is 16.8 Å². The van der Waals surface area contributed by atoms with Crippen LogP contribution >= 0.6 is 0 Å². The Hall–Kier alpha value is -3.00. The van der Waals surface area contributed by atoms with Crippen LogP contribution in [0.4, 0.5) is 10.1 Å². The summed E-state index contributed by atoms with van der Waals surface area (Å²) < 4.78 is 16.1. The summed E-state index contributed by atoms with van der Waals surface area (Å²) in [6, 6.07) is 2.76. The molecule has 0 aliphatic carbocycles. The smallest absolute Gasteiger partial charge is 0.341 e. The first-order valence-corrected chi connectivity index (χ1v) is 8.14. The Bertz CT molecular complexity index is 1130. The summed E-state index contributed by atoms with van der Waals surface area (Å²) in [7, 11) is 1.63. The van der Waals surface area contributed by atoms with Gasteiger partial charge in [-0.2, -0.15) is 0 Å².